The summed E-state index contributed by atoms with van der Waals surface area (Å²) in [5, 5.41) is 5.79. The first-order valence-corrected chi connectivity index (χ1v) is 10.1. The standard InChI is InChI=1S/C18H23N3O4S/c1-14(17-8-5-11-25-17)19-13-18(22)20-15-6-4-7-16(12-15)26(23,24)21-9-2-3-10-21/h4-8,11-12,14,19H,2-3,9-10,13H2,1H3,(H,20,22)/t14-/m1/s1. The second kappa shape index (κ2) is 8.03. The summed E-state index contributed by atoms with van der Waals surface area (Å²) >= 11 is 0. The minimum atomic E-state index is -3.50. The molecular weight excluding hydrogens is 354 g/mol. The lowest BCUT2D eigenvalue weighted by atomic mass is 10.2. The summed E-state index contributed by atoms with van der Waals surface area (Å²) in [5.41, 5.74) is 0.461. The Hall–Kier alpha value is -2.16. The molecule has 7 nitrogen and oxygen atoms in total. The molecule has 1 saturated heterocycles. The summed E-state index contributed by atoms with van der Waals surface area (Å²) in [5.74, 6) is 0.496. The molecule has 0 spiro atoms. The van der Waals surface area contributed by atoms with E-state index in [4.69, 9.17) is 4.42 Å². The molecule has 2 N–H and O–H groups in total. The Bertz CT molecular complexity index is 843. The van der Waals surface area contributed by atoms with Crippen molar-refractivity contribution in [3.05, 3.63) is 48.4 Å². The van der Waals surface area contributed by atoms with Gasteiger partial charge in [0.15, 0.2) is 0 Å². The van der Waals surface area contributed by atoms with Crippen LogP contribution < -0.4 is 10.6 Å². The normalized spacial score (nSPS) is 16.5. The lowest BCUT2D eigenvalue weighted by Crippen LogP contribution is -2.30. The monoisotopic (exact) mass is 377 g/mol. The van der Waals surface area contributed by atoms with Crippen LogP contribution in [0.5, 0.6) is 0 Å². The number of anilines is 1. The lowest BCUT2D eigenvalue weighted by Gasteiger charge is -2.16. The Morgan fingerprint density at radius 2 is 2.00 bits per heavy atom. The van der Waals surface area contributed by atoms with Gasteiger partial charge in [-0.15, -0.1) is 0 Å². The minimum absolute atomic E-state index is 0.0883. The minimum Gasteiger partial charge on any atom is -0.468 e. The van der Waals surface area contributed by atoms with Crippen molar-refractivity contribution >= 4 is 21.6 Å². The molecule has 2 aromatic rings. The van der Waals surface area contributed by atoms with Crippen molar-refractivity contribution in [2.24, 2.45) is 0 Å². The number of sulfonamides is 1. The van der Waals surface area contributed by atoms with Crippen LogP contribution in [0.2, 0.25) is 0 Å². The molecule has 0 saturated carbocycles. The van der Waals surface area contributed by atoms with E-state index in [2.05, 4.69) is 10.6 Å². The van der Waals surface area contributed by atoms with Crippen molar-refractivity contribution in [1.82, 2.24) is 9.62 Å². The summed E-state index contributed by atoms with van der Waals surface area (Å²) in [6, 6.07) is 9.90. The van der Waals surface area contributed by atoms with E-state index in [9.17, 15) is 13.2 Å². The molecule has 1 amide bonds. The van der Waals surface area contributed by atoms with Gasteiger partial charge in [-0.1, -0.05) is 6.07 Å². The highest BCUT2D eigenvalue weighted by Gasteiger charge is 2.27. The van der Waals surface area contributed by atoms with Crippen LogP contribution >= 0.6 is 0 Å². The van der Waals surface area contributed by atoms with Gasteiger partial charge in [-0.3, -0.25) is 10.1 Å². The predicted octanol–water partition coefficient (Wildman–Crippen LogP) is 2.35. The molecule has 1 aromatic carbocycles. The van der Waals surface area contributed by atoms with Crippen LogP contribution in [0.1, 0.15) is 31.6 Å². The van der Waals surface area contributed by atoms with Crippen molar-refractivity contribution in [1.29, 1.82) is 0 Å². The molecule has 1 fully saturated rings. The number of hydrogen-bond acceptors (Lipinski definition) is 5. The van der Waals surface area contributed by atoms with Crippen LogP contribution in [0.25, 0.3) is 0 Å². The molecule has 0 bridgehead atoms. The van der Waals surface area contributed by atoms with E-state index >= 15 is 0 Å². The van der Waals surface area contributed by atoms with Gasteiger partial charge in [-0.05, 0) is 50.1 Å². The first kappa shape index (κ1) is 18.6. The maximum absolute atomic E-state index is 12.6. The second-order valence-corrected chi connectivity index (χ2v) is 8.24. The molecule has 0 radical (unpaired) electrons. The maximum atomic E-state index is 12.6. The van der Waals surface area contributed by atoms with E-state index in [-0.39, 0.29) is 23.4 Å². The van der Waals surface area contributed by atoms with E-state index in [1.54, 1.807) is 30.5 Å². The van der Waals surface area contributed by atoms with E-state index in [0.717, 1.165) is 18.6 Å². The molecule has 8 heteroatoms. The van der Waals surface area contributed by atoms with Crippen LogP contribution in [-0.2, 0) is 14.8 Å². The fourth-order valence-electron chi connectivity index (χ4n) is 2.90. The first-order chi connectivity index (χ1) is 12.5. The molecule has 26 heavy (non-hydrogen) atoms. The van der Waals surface area contributed by atoms with E-state index in [1.165, 1.54) is 10.4 Å². The van der Waals surface area contributed by atoms with Gasteiger partial charge in [-0.2, -0.15) is 4.31 Å². The average molecular weight is 377 g/mol. The Morgan fingerprint density at radius 1 is 1.23 bits per heavy atom. The van der Waals surface area contributed by atoms with Crippen molar-refractivity contribution < 1.29 is 17.6 Å². The Kier molecular flexibility index (Phi) is 5.75. The number of furan rings is 1. The summed E-state index contributed by atoms with van der Waals surface area (Å²) < 4.78 is 32.0. The van der Waals surface area contributed by atoms with Crippen molar-refractivity contribution in [2.75, 3.05) is 25.0 Å². The molecule has 0 aliphatic carbocycles. The van der Waals surface area contributed by atoms with Gasteiger partial charge in [-0.25, -0.2) is 8.42 Å². The number of nitrogens with one attached hydrogen (secondary N) is 2. The van der Waals surface area contributed by atoms with Crippen LogP contribution in [0.15, 0.2) is 52.0 Å². The maximum Gasteiger partial charge on any atom is 0.243 e. The van der Waals surface area contributed by atoms with Crippen LogP contribution in [0.4, 0.5) is 5.69 Å². The number of carbonyl (C=O) groups is 1. The number of carbonyl (C=O) groups excluding carboxylic acids is 1. The summed E-state index contributed by atoms with van der Waals surface area (Å²) in [6.07, 6.45) is 3.35. The van der Waals surface area contributed by atoms with E-state index in [1.807, 2.05) is 13.0 Å². The molecule has 1 atom stereocenters. The molecule has 140 valence electrons. The zero-order valence-corrected chi connectivity index (χ0v) is 15.5. The SMILES string of the molecule is C[C@@H](NCC(=O)Nc1cccc(S(=O)(=O)N2CCCC2)c1)c1ccco1. The third-order valence-electron chi connectivity index (χ3n) is 4.36. The number of hydrogen-bond donors (Lipinski definition) is 2. The van der Waals surface area contributed by atoms with Gasteiger partial charge in [0.1, 0.15) is 5.76 Å². The number of nitrogens with zero attached hydrogens (tertiary/aromatic N) is 1. The van der Waals surface area contributed by atoms with E-state index < -0.39 is 10.0 Å². The smallest absolute Gasteiger partial charge is 0.243 e. The fraction of sp³-hybridized carbons (Fsp3) is 0.389. The van der Waals surface area contributed by atoms with Crippen LogP contribution in [0.3, 0.4) is 0 Å². The number of benzene rings is 1. The lowest BCUT2D eigenvalue weighted by molar-refractivity contribution is -0.115. The quantitative estimate of drug-likeness (QED) is 0.773. The van der Waals surface area contributed by atoms with Crippen molar-refractivity contribution in [3.8, 4) is 0 Å². The molecule has 1 aromatic heterocycles. The predicted molar refractivity (Wildman–Crippen MR) is 98.2 cm³/mol. The van der Waals surface area contributed by atoms with Gasteiger partial charge in [0.2, 0.25) is 15.9 Å². The summed E-state index contributed by atoms with van der Waals surface area (Å²) in [7, 11) is -3.50. The van der Waals surface area contributed by atoms with Gasteiger partial charge >= 0.3 is 0 Å². The molecule has 1 aliphatic rings. The summed E-state index contributed by atoms with van der Waals surface area (Å²) in [4.78, 5) is 12.3. The van der Waals surface area contributed by atoms with Crippen LogP contribution in [0, 0.1) is 0 Å². The average Bonchev–Trinajstić information content (AvgIpc) is 3.33. The molecular formula is C18H23N3O4S. The van der Waals surface area contributed by atoms with Crippen molar-refractivity contribution in [3.63, 3.8) is 0 Å². The largest absolute Gasteiger partial charge is 0.468 e. The van der Waals surface area contributed by atoms with Crippen LogP contribution in [-0.4, -0.2) is 38.3 Å². The van der Waals surface area contributed by atoms with Gasteiger partial charge in [0, 0.05) is 18.8 Å². The Labute approximate surface area is 153 Å². The zero-order chi connectivity index (χ0) is 18.6. The topological polar surface area (TPSA) is 91.7 Å². The van der Waals surface area contributed by atoms with Gasteiger partial charge in [0.05, 0.1) is 23.7 Å². The molecule has 0 unspecified atom stereocenters. The first-order valence-electron chi connectivity index (χ1n) is 8.63. The Balaban J connectivity index is 1.60. The van der Waals surface area contributed by atoms with Gasteiger partial charge in [0.25, 0.3) is 0 Å². The van der Waals surface area contributed by atoms with Crippen molar-refractivity contribution in [2.45, 2.75) is 30.7 Å². The third-order valence-corrected chi connectivity index (χ3v) is 6.25. The zero-order valence-electron chi connectivity index (χ0n) is 14.6. The molecule has 2 heterocycles. The Morgan fingerprint density at radius 3 is 2.69 bits per heavy atom. The molecule has 1 aliphatic heterocycles. The summed E-state index contributed by atoms with van der Waals surface area (Å²) in [6.45, 7) is 3.08. The fourth-order valence-corrected chi connectivity index (χ4v) is 4.46. The highest BCUT2D eigenvalue weighted by atomic mass is 32.2. The molecule has 3 rings (SSSR count). The third kappa shape index (κ3) is 4.32. The highest BCUT2D eigenvalue weighted by molar-refractivity contribution is 7.89. The highest BCUT2D eigenvalue weighted by Crippen LogP contribution is 2.23. The van der Waals surface area contributed by atoms with Gasteiger partial charge < -0.3 is 9.73 Å². The second-order valence-electron chi connectivity index (χ2n) is 6.31. The number of amides is 1. The number of rotatable bonds is 7. The van der Waals surface area contributed by atoms with E-state index in [0.29, 0.717) is 18.8 Å².